The summed E-state index contributed by atoms with van der Waals surface area (Å²) in [6.45, 7) is 2.38. The van der Waals surface area contributed by atoms with Crippen LogP contribution < -0.4 is 4.72 Å². The Labute approximate surface area is 121 Å². The Morgan fingerprint density at radius 1 is 1.58 bits per heavy atom. The van der Waals surface area contributed by atoms with E-state index in [0.717, 1.165) is 0 Å². The molecule has 2 rings (SSSR count). The molecule has 1 saturated carbocycles. The van der Waals surface area contributed by atoms with Crippen LogP contribution >= 0.6 is 15.9 Å². The molecule has 0 radical (unpaired) electrons. The van der Waals surface area contributed by atoms with Gasteiger partial charge < -0.3 is 0 Å². The van der Waals surface area contributed by atoms with Gasteiger partial charge in [0.1, 0.15) is 0 Å². The fraction of sp³-hybridized carbons (Fsp3) is 0.800. The van der Waals surface area contributed by atoms with Crippen molar-refractivity contribution in [3.8, 4) is 0 Å². The van der Waals surface area contributed by atoms with Crippen LogP contribution in [-0.4, -0.2) is 54.0 Å². The lowest BCUT2D eigenvalue weighted by Crippen LogP contribution is -2.41. The first kappa shape index (κ1) is 14.9. The molecule has 19 heavy (non-hydrogen) atoms. The van der Waals surface area contributed by atoms with Gasteiger partial charge >= 0.3 is 0 Å². The third-order valence-corrected chi connectivity index (χ3v) is 5.69. The maximum Gasteiger partial charge on any atom is 0.260 e. The van der Waals surface area contributed by atoms with Crippen LogP contribution in [-0.2, 0) is 17.1 Å². The van der Waals surface area contributed by atoms with Crippen molar-refractivity contribution in [3.05, 3.63) is 4.60 Å². The van der Waals surface area contributed by atoms with Crippen molar-refractivity contribution in [1.29, 1.82) is 0 Å². The maximum atomic E-state index is 12.2. The van der Waals surface area contributed by atoms with E-state index in [9.17, 15) is 8.42 Å². The first-order valence-corrected chi connectivity index (χ1v) is 8.37. The van der Waals surface area contributed by atoms with Crippen LogP contribution in [0.4, 0.5) is 0 Å². The van der Waals surface area contributed by atoms with Crippen LogP contribution in [0.2, 0.25) is 0 Å². The van der Waals surface area contributed by atoms with Gasteiger partial charge in [-0.3, -0.25) is 4.90 Å². The summed E-state index contributed by atoms with van der Waals surface area (Å²) in [7, 11) is -0.0241. The van der Waals surface area contributed by atoms with E-state index < -0.39 is 10.0 Å². The lowest BCUT2D eigenvalue weighted by Gasteiger charge is -2.24. The van der Waals surface area contributed by atoms with E-state index in [1.165, 1.54) is 17.5 Å². The van der Waals surface area contributed by atoms with Crippen molar-refractivity contribution in [2.45, 2.75) is 36.9 Å². The molecular formula is C10H18BrN5O2S. The average molecular weight is 352 g/mol. The molecule has 0 amide bonds. The zero-order valence-corrected chi connectivity index (χ0v) is 13.6. The largest absolute Gasteiger partial charge is 0.299 e. The zero-order valence-electron chi connectivity index (χ0n) is 11.2. The monoisotopic (exact) mass is 351 g/mol. The van der Waals surface area contributed by atoms with Gasteiger partial charge in [-0.25, -0.2) is 17.8 Å². The number of aromatic nitrogens is 3. The maximum absolute atomic E-state index is 12.2. The number of rotatable bonds is 6. The molecule has 7 nitrogen and oxygen atoms in total. The van der Waals surface area contributed by atoms with Crippen molar-refractivity contribution in [2.75, 3.05) is 13.6 Å². The second kappa shape index (κ2) is 5.47. The summed E-state index contributed by atoms with van der Waals surface area (Å²) in [5.41, 5.74) is 0. The number of hydrogen-bond donors (Lipinski definition) is 1. The van der Waals surface area contributed by atoms with Gasteiger partial charge in [0.2, 0.25) is 5.03 Å². The van der Waals surface area contributed by atoms with E-state index in [1.54, 1.807) is 7.05 Å². The van der Waals surface area contributed by atoms with Crippen molar-refractivity contribution < 1.29 is 8.42 Å². The van der Waals surface area contributed by atoms with Crippen LogP contribution in [0, 0.1) is 0 Å². The smallest absolute Gasteiger partial charge is 0.260 e. The molecule has 1 N–H and O–H groups in total. The molecule has 1 atom stereocenters. The van der Waals surface area contributed by atoms with Gasteiger partial charge in [-0.05, 0) is 42.7 Å². The van der Waals surface area contributed by atoms with Gasteiger partial charge in [0.25, 0.3) is 10.0 Å². The summed E-state index contributed by atoms with van der Waals surface area (Å²) < 4.78 is 28.4. The summed E-state index contributed by atoms with van der Waals surface area (Å²) in [5, 5.41) is 7.41. The Bertz CT molecular complexity index is 535. The molecule has 0 spiro atoms. The van der Waals surface area contributed by atoms with Crippen molar-refractivity contribution in [1.82, 2.24) is 24.6 Å². The van der Waals surface area contributed by atoms with E-state index in [1.807, 2.05) is 14.0 Å². The molecule has 1 unspecified atom stereocenters. The van der Waals surface area contributed by atoms with Gasteiger partial charge in [-0.15, -0.1) is 5.10 Å². The molecule has 9 heteroatoms. The Balaban J connectivity index is 2.02. The van der Waals surface area contributed by atoms with Gasteiger partial charge in [0.05, 0.1) is 0 Å². The molecular weight excluding hydrogens is 334 g/mol. The second-order valence-electron chi connectivity index (χ2n) is 4.91. The Morgan fingerprint density at radius 3 is 2.68 bits per heavy atom. The van der Waals surface area contributed by atoms with E-state index in [0.29, 0.717) is 12.6 Å². The van der Waals surface area contributed by atoms with E-state index in [4.69, 9.17) is 0 Å². The van der Waals surface area contributed by atoms with Crippen molar-refractivity contribution >= 4 is 26.0 Å². The van der Waals surface area contributed by atoms with Crippen molar-refractivity contribution in [2.24, 2.45) is 7.05 Å². The first-order valence-electron chi connectivity index (χ1n) is 6.09. The second-order valence-corrected chi connectivity index (χ2v) is 7.34. The van der Waals surface area contributed by atoms with Gasteiger partial charge in [-0.1, -0.05) is 5.21 Å². The highest BCUT2D eigenvalue weighted by Gasteiger charge is 2.30. The molecule has 1 aliphatic carbocycles. The summed E-state index contributed by atoms with van der Waals surface area (Å²) >= 11 is 3.10. The molecule has 0 bridgehead atoms. The minimum absolute atomic E-state index is 0.0498. The molecule has 0 aliphatic heterocycles. The number of likely N-dealkylation sites (N-methyl/N-ethyl adjacent to an activating group) is 1. The fourth-order valence-corrected chi connectivity index (χ4v) is 4.10. The SMILES string of the molecule is CC(CNS(=O)(=O)c1c(Br)nnn1C)N(C)C1CC1. The molecule has 1 fully saturated rings. The van der Waals surface area contributed by atoms with Gasteiger partial charge in [0, 0.05) is 25.7 Å². The Kier molecular flexibility index (Phi) is 4.29. The number of aryl methyl sites for hydroxylation is 1. The minimum atomic E-state index is -3.60. The average Bonchev–Trinajstić information content (AvgIpc) is 3.12. The van der Waals surface area contributed by atoms with Gasteiger partial charge in [-0.2, -0.15) is 0 Å². The fourth-order valence-electron chi connectivity index (χ4n) is 1.89. The Hall–Kier alpha value is -0.510. The number of hydrogen-bond acceptors (Lipinski definition) is 5. The lowest BCUT2D eigenvalue weighted by atomic mass is 10.3. The van der Waals surface area contributed by atoms with E-state index >= 15 is 0 Å². The first-order chi connectivity index (χ1) is 8.83. The standard InChI is InChI=1S/C10H18BrN5O2S/c1-7(15(2)8-4-5-8)6-12-19(17,18)10-9(11)13-14-16(10)3/h7-8,12H,4-6H2,1-3H3. The van der Waals surface area contributed by atoms with E-state index in [2.05, 4.69) is 35.9 Å². The molecule has 0 saturated heterocycles. The Morgan fingerprint density at radius 2 is 2.21 bits per heavy atom. The summed E-state index contributed by atoms with van der Waals surface area (Å²) in [5.74, 6) is 0. The molecule has 1 aliphatic rings. The molecule has 108 valence electrons. The van der Waals surface area contributed by atoms with E-state index in [-0.39, 0.29) is 15.7 Å². The van der Waals surface area contributed by atoms with Crippen LogP contribution in [0.15, 0.2) is 9.63 Å². The van der Waals surface area contributed by atoms with Crippen LogP contribution in [0.3, 0.4) is 0 Å². The lowest BCUT2D eigenvalue weighted by molar-refractivity contribution is 0.248. The molecule has 1 aromatic heterocycles. The van der Waals surface area contributed by atoms with Gasteiger partial charge in [0.15, 0.2) is 4.60 Å². The number of halogens is 1. The number of nitrogens with zero attached hydrogens (tertiary/aromatic N) is 4. The van der Waals surface area contributed by atoms with Crippen LogP contribution in [0.5, 0.6) is 0 Å². The highest BCUT2D eigenvalue weighted by atomic mass is 79.9. The highest BCUT2D eigenvalue weighted by Crippen LogP contribution is 2.26. The summed E-state index contributed by atoms with van der Waals surface area (Å²) in [6, 6.07) is 0.756. The third kappa shape index (κ3) is 3.33. The number of sulfonamides is 1. The summed E-state index contributed by atoms with van der Waals surface area (Å²) in [4.78, 5) is 2.21. The highest BCUT2D eigenvalue weighted by molar-refractivity contribution is 9.10. The van der Waals surface area contributed by atoms with Crippen LogP contribution in [0.1, 0.15) is 19.8 Å². The predicted molar refractivity (Wildman–Crippen MR) is 74.1 cm³/mol. The quantitative estimate of drug-likeness (QED) is 0.799. The predicted octanol–water partition coefficient (Wildman–Crippen LogP) is 0.339. The number of nitrogens with one attached hydrogen (secondary N) is 1. The molecule has 0 aromatic carbocycles. The molecule has 1 aromatic rings. The molecule has 1 heterocycles. The minimum Gasteiger partial charge on any atom is -0.299 e. The third-order valence-electron chi connectivity index (χ3n) is 3.38. The normalized spacial score (nSPS) is 17.9. The zero-order chi connectivity index (χ0) is 14.2. The topological polar surface area (TPSA) is 80.1 Å². The summed E-state index contributed by atoms with van der Waals surface area (Å²) in [6.07, 6.45) is 2.40. The van der Waals surface area contributed by atoms with Crippen molar-refractivity contribution in [3.63, 3.8) is 0 Å². The van der Waals surface area contributed by atoms with Crippen LogP contribution in [0.25, 0.3) is 0 Å².